The van der Waals surface area contributed by atoms with Gasteiger partial charge >= 0.3 is 0 Å². The minimum atomic E-state index is -0.396. The summed E-state index contributed by atoms with van der Waals surface area (Å²) in [6, 6.07) is 11.3. The average Bonchev–Trinajstić information content (AvgIpc) is 2.72. The van der Waals surface area contributed by atoms with Crippen molar-refractivity contribution >= 4 is 17.5 Å². The molecule has 29 heavy (non-hydrogen) atoms. The fourth-order valence-electron chi connectivity index (χ4n) is 3.04. The van der Waals surface area contributed by atoms with Crippen molar-refractivity contribution in [2.45, 2.75) is 6.42 Å². The van der Waals surface area contributed by atoms with Gasteiger partial charge in [-0.3, -0.25) is 14.5 Å². The Morgan fingerprint density at radius 1 is 0.966 bits per heavy atom. The van der Waals surface area contributed by atoms with E-state index in [-0.39, 0.29) is 30.7 Å². The van der Waals surface area contributed by atoms with E-state index in [1.165, 1.54) is 36.4 Å². The second kappa shape index (κ2) is 9.97. The van der Waals surface area contributed by atoms with Crippen molar-refractivity contribution < 1.29 is 23.1 Å². The van der Waals surface area contributed by atoms with Crippen molar-refractivity contribution in [3.8, 4) is 5.75 Å². The predicted molar refractivity (Wildman–Crippen MR) is 105 cm³/mol. The van der Waals surface area contributed by atoms with Gasteiger partial charge in [0.25, 0.3) is 5.91 Å². The normalized spacial score (nSPS) is 14.5. The summed E-state index contributed by atoms with van der Waals surface area (Å²) >= 11 is 0. The number of piperazine rings is 1. The first-order valence-corrected chi connectivity index (χ1v) is 9.43. The molecule has 0 bridgehead atoms. The molecule has 6 nitrogen and oxygen atoms in total. The molecule has 0 atom stereocenters. The number of carbonyl (C=O) groups excluding carboxylic acids is 2. The number of anilines is 1. The predicted octanol–water partition coefficient (Wildman–Crippen LogP) is 2.52. The Kier molecular flexibility index (Phi) is 7.13. The summed E-state index contributed by atoms with van der Waals surface area (Å²) in [5, 5.41) is 2.67. The molecule has 2 amide bonds. The van der Waals surface area contributed by atoms with Gasteiger partial charge in [-0.2, -0.15) is 0 Å². The van der Waals surface area contributed by atoms with Gasteiger partial charge in [0.05, 0.1) is 0 Å². The molecule has 154 valence electrons. The van der Waals surface area contributed by atoms with E-state index in [1.807, 2.05) is 0 Å². The second-order valence-corrected chi connectivity index (χ2v) is 6.77. The van der Waals surface area contributed by atoms with Gasteiger partial charge in [0.1, 0.15) is 17.4 Å². The van der Waals surface area contributed by atoms with Crippen LogP contribution in [-0.4, -0.2) is 60.9 Å². The first kappa shape index (κ1) is 20.7. The summed E-state index contributed by atoms with van der Waals surface area (Å²) in [6.07, 6.45) is 0.290. The Morgan fingerprint density at radius 3 is 2.38 bits per heavy atom. The minimum Gasteiger partial charge on any atom is -0.484 e. The molecule has 2 aromatic carbocycles. The SMILES string of the molecule is O=C(CCN1CCN(C(=O)COc2ccc(F)cc2)CC1)Nc1cccc(F)c1. The highest BCUT2D eigenvalue weighted by atomic mass is 19.1. The van der Waals surface area contributed by atoms with Crippen LogP contribution >= 0.6 is 0 Å². The quantitative estimate of drug-likeness (QED) is 0.772. The molecule has 0 unspecified atom stereocenters. The van der Waals surface area contributed by atoms with Crippen molar-refractivity contribution in [1.82, 2.24) is 9.80 Å². The molecule has 0 saturated carbocycles. The van der Waals surface area contributed by atoms with Gasteiger partial charge in [-0.25, -0.2) is 8.78 Å². The second-order valence-electron chi connectivity index (χ2n) is 6.77. The fraction of sp³-hybridized carbons (Fsp3) is 0.333. The van der Waals surface area contributed by atoms with Gasteiger partial charge in [-0.05, 0) is 42.5 Å². The van der Waals surface area contributed by atoms with Crippen LogP contribution in [0.15, 0.2) is 48.5 Å². The number of nitrogens with one attached hydrogen (secondary N) is 1. The van der Waals surface area contributed by atoms with Crippen LogP contribution in [-0.2, 0) is 9.59 Å². The van der Waals surface area contributed by atoms with Gasteiger partial charge in [-0.15, -0.1) is 0 Å². The lowest BCUT2D eigenvalue weighted by Gasteiger charge is -2.34. The zero-order valence-corrected chi connectivity index (χ0v) is 15.9. The molecule has 1 saturated heterocycles. The maximum atomic E-state index is 13.1. The number of hydrogen-bond donors (Lipinski definition) is 1. The highest BCUT2D eigenvalue weighted by Gasteiger charge is 2.21. The van der Waals surface area contributed by atoms with Crippen LogP contribution < -0.4 is 10.1 Å². The van der Waals surface area contributed by atoms with Crippen LogP contribution in [0.5, 0.6) is 5.75 Å². The van der Waals surface area contributed by atoms with Gasteiger partial charge in [0.2, 0.25) is 5.91 Å². The van der Waals surface area contributed by atoms with E-state index in [2.05, 4.69) is 10.2 Å². The van der Waals surface area contributed by atoms with Crippen LogP contribution in [0.25, 0.3) is 0 Å². The summed E-state index contributed by atoms with van der Waals surface area (Å²) in [7, 11) is 0. The van der Waals surface area contributed by atoms with Crippen LogP contribution in [0.3, 0.4) is 0 Å². The number of halogens is 2. The molecule has 1 aliphatic rings. The molecule has 3 rings (SSSR count). The molecular weight excluding hydrogens is 380 g/mol. The monoisotopic (exact) mass is 403 g/mol. The first-order chi connectivity index (χ1) is 14.0. The van der Waals surface area contributed by atoms with Crippen LogP contribution in [0, 0.1) is 11.6 Å². The maximum Gasteiger partial charge on any atom is 0.260 e. The third kappa shape index (κ3) is 6.53. The topological polar surface area (TPSA) is 61.9 Å². The Morgan fingerprint density at radius 2 is 1.69 bits per heavy atom. The van der Waals surface area contributed by atoms with Crippen LogP contribution in [0.2, 0.25) is 0 Å². The molecule has 0 spiro atoms. The Hall–Kier alpha value is -3.00. The van der Waals surface area contributed by atoms with E-state index in [0.29, 0.717) is 44.2 Å². The highest BCUT2D eigenvalue weighted by molar-refractivity contribution is 5.90. The van der Waals surface area contributed by atoms with Crippen molar-refractivity contribution in [2.24, 2.45) is 0 Å². The molecule has 1 aliphatic heterocycles. The minimum absolute atomic E-state index is 0.0956. The van der Waals surface area contributed by atoms with E-state index in [9.17, 15) is 18.4 Å². The van der Waals surface area contributed by atoms with E-state index < -0.39 is 5.82 Å². The van der Waals surface area contributed by atoms with Crippen molar-refractivity contribution in [3.05, 3.63) is 60.2 Å². The Balaban J connectivity index is 1.34. The molecule has 1 heterocycles. The van der Waals surface area contributed by atoms with E-state index in [4.69, 9.17) is 4.74 Å². The molecule has 8 heteroatoms. The van der Waals surface area contributed by atoms with Crippen molar-refractivity contribution in [1.29, 1.82) is 0 Å². The zero-order chi connectivity index (χ0) is 20.6. The number of carbonyl (C=O) groups is 2. The summed E-state index contributed by atoms with van der Waals surface area (Å²) in [4.78, 5) is 28.1. The molecule has 1 N–H and O–H groups in total. The van der Waals surface area contributed by atoms with Crippen LogP contribution in [0.4, 0.5) is 14.5 Å². The average molecular weight is 403 g/mol. The van der Waals surface area contributed by atoms with Crippen molar-refractivity contribution in [3.63, 3.8) is 0 Å². The molecule has 0 aromatic heterocycles. The number of ether oxygens (including phenoxy) is 1. The third-order valence-electron chi connectivity index (χ3n) is 4.66. The molecule has 0 radical (unpaired) electrons. The molecule has 2 aromatic rings. The first-order valence-electron chi connectivity index (χ1n) is 9.43. The van der Waals surface area contributed by atoms with E-state index in [0.717, 1.165) is 0 Å². The molecule has 1 fully saturated rings. The van der Waals surface area contributed by atoms with Gasteiger partial charge in [0, 0.05) is 44.8 Å². The van der Waals surface area contributed by atoms with Gasteiger partial charge in [0.15, 0.2) is 6.61 Å². The molecule has 0 aliphatic carbocycles. The largest absolute Gasteiger partial charge is 0.484 e. The Bertz CT molecular complexity index is 837. The number of amides is 2. The third-order valence-corrected chi connectivity index (χ3v) is 4.66. The smallest absolute Gasteiger partial charge is 0.260 e. The fourth-order valence-corrected chi connectivity index (χ4v) is 3.04. The van der Waals surface area contributed by atoms with Crippen LogP contribution in [0.1, 0.15) is 6.42 Å². The molecular formula is C21H23F2N3O3. The highest BCUT2D eigenvalue weighted by Crippen LogP contribution is 2.12. The lowest BCUT2D eigenvalue weighted by Crippen LogP contribution is -2.50. The standard InChI is InChI=1S/C21H23F2N3O3/c22-16-4-6-19(7-5-16)29-15-21(28)26-12-10-25(11-13-26)9-8-20(27)24-18-3-1-2-17(23)14-18/h1-7,14H,8-13,15H2,(H,24,27). The summed E-state index contributed by atoms with van der Waals surface area (Å²) in [5.74, 6) is -0.612. The number of benzene rings is 2. The van der Waals surface area contributed by atoms with Crippen molar-refractivity contribution in [2.75, 3.05) is 44.6 Å². The maximum absolute atomic E-state index is 13.1. The van der Waals surface area contributed by atoms with Gasteiger partial charge in [-0.1, -0.05) is 6.07 Å². The number of rotatable bonds is 7. The van der Waals surface area contributed by atoms with E-state index in [1.54, 1.807) is 17.0 Å². The summed E-state index contributed by atoms with van der Waals surface area (Å²) in [6.45, 7) is 2.90. The Labute approximate surface area is 168 Å². The summed E-state index contributed by atoms with van der Waals surface area (Å²) in [5.41, 5.74) is 0.437. The lowest BCUT2D eigenvalue weighted by molar-refractivity contribution is -0.135. The summed E-state index contributed by atoms with van der Waals surface area (Å²) < 4.78 is 31.4. The van der Waals surface area contributed by atoms with Gasteiger partial charge < -0.3 is 15.0 Å². The number of hydrogen-bond acceptors (Lipinski definition) is 4. The lowest BCUT2D eigenvalue weighted by atomic mass is 10.2. The zero-order valence-electron chi connectivity index (χ0n) is 15.9. The number of nitrogens with zero attached hydrogens (tertiary/aromatic N) is 2. The van der Waals surface area contributed by atoms with E-state index >= 15 is 0 Å².